The van der Waals surface area contributed by atoms with Crippen molar-refractivity contribution in [1.82, 2.24) is 0 Å². The van der Waals surface area contributed by atoms with Crippen LogP contribution in [-0.4, -0.2) is 5.71 Å². The zero-order valence-electron chi connectivity index (χ0n) is 24.3. The van der Waals surface area contributed by atoms with Gasteiger partial charge in [0.25, 0.3) is 0 Å². The van der Waals surface area contributed by atoms with E-state index in [1.807, 2.05) is 32.2 Å². The van der Waals surface area contributed by atoms with Gasteiger partial charge in [-0.15, -0.1) is 6.58 Å². The van der Waals surface area contributed by atoms with Crippen molar-refractivity contribution < 1.29 is 0 Å². The molecule has 0 bridgehead atoms. The van der Waals surface area contributed by atoms with Gasteiger partial charge < -0.3 is 0 Å². The molecule has 0 aliphatic heterocycles. The van der Waals surface area contributed by atoms with Crippen molar-refractivity contribution in [3.8, 4) is 0 Å². The molecule has 1 aliphatic rings. The van der Waals surface area contributed by atoms with E-state index in [9.17, 15) is 0 Å². The lowest BCUT2D eigenvalue weighted by Gasteiger charge is -2.15. The molecule has 0 radical (unpaired) electrons. The van der Waals surface area contributed by atoms with Gasteiger partial charge in [0, 0.05) is 11.9 Å². The molecule has 1 heteroatoms. The molecule has 0 N–H and O–H groups in total. The van der Waals surface area contributed by atoms with E-state index in [2.05, 4.69) is 77.0 Å². The second-order valence-electron chi connectivity index (χ2n) is 9.58. The quantitative estimate of drug-likeness (QED) is 0.130. The van der Waals surface area contributed by atoms with Crippen molar-refractivity contribution in [2.75, 3.05) is 0 Å². The van der Waals surface area contributed by atoms with Crippen molar-refractivity contribution in [2.24, 2.45) is 10.9 Å². The molecular formula is C34H55N. The Kier molecular flexibility index (Phi) is 19.9. The third-order valence-corrected chi connectivity index (χ3v) is 6.47. The van der Waals surface area contributed by atoms with Gasteiger partial charge in [-0.25, -0.2) is 0 Å². The van der Waals surface area contributed by atoms with E-state index in [1.165, 1.54) is 73.6 Å². The first kappa shape index (κ1) is 32.8. The maximum atomic E-state index is 4.50. The molecule has 1 saturated carbocycles. The van der Waals surface area contributed by atoms with Gasteiger partial charge in [-0.05, 0) is 86.3 Å². The lowest BCUT2D eigenvalue weighted by molar-refractivity contribution is 0.385. The predicted molar refractivity (Wildman–Crippen MR) is 162 cm³/mol. The standard InChI is InChI=1S/C25H35N.C7H14.C2H6/c1-7-10-12-14-23-16-15-20(4)25(19-23)24(9-3)21(5)17-18-26-22(6)13-11-8-2;1-7-5-3-2-4-6-7;1-2/h8-9,15-19H,2,5,7,10-14H2,1,3-4,6H3;7H,2-6H2,1H3;1-2H3/b18-17-,24-9-,26-22?;;. The van der Waals surface area contributed by atoms with E-state index < -0.39 is 0 Å². The summed E-state index contributed by atoms with van der Waals surface area (Å²) < 4.78 is 0. The molecule has 0 heterocycles. The third-order valence-electron chi connectivity index (χ3n) is 6.47. The van der Waals surface area contributed by atoms with E-state index in [1.54, 1.807) is 0 Å². The molecule has 2 rings (SSSR count). The van der Waals surface area contributed by atoms with E-state index in [0.29, 0.717) is 0 Å². The molecule has 1 aromatic rings. The number of aryl methyl sites for hydroxylation is 2. The van der Waals surface area contributed by atoms with Crippen LogP contribution in [0.4, 0.5) is 0 Å². The SMILES string of the molecule is C=CCCC(C)=N/C=C\C(=C)/C(=C/C)c1cc(CCCCC)ccc1C.CC.CC1CCCCC1. The van der Waals surface area contributed by atoms with Gasteiger partial charge in [0.05, 0.1) is 0 Å². The minimum Gasteiger partial charge on any atom is -0.266 e. The number of allylic oxidation sites excluding steroid dienone is 5. The van der Waals surface area contributed by atoms with E-state index in [0.717, 1.165) is 36.5 Å². The molecule has 35 heavy (non-hydrogen) atoms. The highest BCUT2D eigenvalue weighted by Crippen LogP contribution is 2.27. The Balaban J connectivity index is 0.00000108. The molecule has 0 unspecified atom stereocenters. The molecule has 0 atom stereocenters. The van der Waals surface area contributed by atoms with Gasteiger partial charge in [0.2, 0.25) is 0 Å². The highest BCUT2D eigenvalue weighted by Gasteiger charge is 2.08. The molecule has 1 aliphatic carbocycles. The van der Waals surface area contributed by atoms with Crippen molar-refractivity contribution >= 4 is 11.3 Å². The molecule has 1 nitrogen and oxygen atoms in total. The fourth-order valence-electron chi connectivity index (χ4n) is 4.23. The van der Waals surface area contributed by atoms with Gasteiger partial charge in [0.15, 0.2) is 0 Å². The summed E-state index contributed by atoms with van der Waals surface area (Å²) in [7, 11) is 0. The number of rotatable bonds is 11. The number of benzene rings is 1. The Morgan fingerprint density at radius 3 is 2.34 bits per heavy atom. The number of hydrogen-bond acceptors (Lipinski definition) is 1. The van der Waals surface area contributed by atoms with Crippen molar-refractivity contribution in [1.29, 1.82) is 0 Å². The minimum absolute atomic E-state index is 0.954. The summed E-state index contributed by atoms with van der Waals surface area (Å²) in [5.74, 6) is 1.04. The van der Waals surface area contributed by atoms with Gasteiger partial charge in [0.1, 0.15) is 0 Å². The highest BCUT2D eigenvalue weighted by atomic mass is 14.7. The predicted octanol–water partition coefficient (Wildman–Crippen LogP) is 11.2. The summed E-state index contributed by atoms with van der Waals surface area (Å²) in [6.45, 7) is 22.9. The van der Waals surface area contributed by atoms with E-state index >= 15 is 0 Å². The van der Waals surface area contributed by atoms with Crippen LogP contribution in [0.3, 0.4) is 0 Å². The number of nitrogens with zero attached hydrogens (tertiary/aromatic N) is 1. The topological polar surface area (TPSA) is 12.4 Å². The van der Waals surface area contributed by atoms with Crippen LogP contribution < -0.4 is 0 Å². The zero-order valence-corrected chi connectivity index (χ0v) is 24.3. The molecule has 0 spiro atoms. The first-order chi connectivity index (χ1) is 16.9. The Morgan fingerprint density at radius 2 is 1.80 bits per heavy atom. The third kappa shape index (κ3) is 14.8. The lowest BCUT2D eigenvalue weighted by atomic mass is 9.91. The number of aliphatic imine (C=N–C) groups is 1. The first-order valence-corrected chi connectivity index (χ1v) is 14.2. The van der Waals surface area contributed by atoms with E-state index in [4.69, 9.17) is 0 Å². The van der Waals surface area contributed by atoms with Crippen LogP contribution in [0.2, 0.25) is 0 Å². The van der Waals surface area contributed by atoms with Crippen LogP contribution in [0.1, 0.15) is 122 Å². The maximum absolute atomic E-state index is 4.50. The second kappa shape index (κ2) is 21.2. The maximum Gasteiger partial charge on any atom is 0.0273 e. The summed E-state index contributed by atoms with van der Waals surface area (Å²) in [5.41, 5.74) is 7.29. The molecule has 0 aromatic heterocycles. The lowest BCUT2D eigenvalue weighted by Crippen LogP contribution is -1.99. The van der Waals surface area contributed by atoms with Gasteiger partial charge in [-0.3, -0.25) is 4.99 Å². The smallest absolute Gasteiger partial charge is 0.0273 e. The first-order valence-electron chi connectivity index (χ1n) is 14.2. The Hall–Kier alpha value is -2.15. The largest absolute Gasteiger partial charge is 0.266 e. The van der Waals surface area contributed by atoms with Crippen LogP contribution in [0.25, 0.3) is 5.57 Å². The van der Waals surface area contributed by atoms with Gasteiger partial charge >= 0.3 is 0 Å². The second-order valence-corrected chi connectivity index (χ2v) is 9.58. The minimum atomic E-state index is 0.954. The number of hydrogen-bond donors (Lipinski definition) is 0. The van der Waals surface area contributed by atoms with Crippen LogP contribution in [0.15, 0.2) is 66.4 Å². The molecular weight excluding hydrogens is 422 g/mol. The Morgan fingerprint density at radius 1 is 1.11 bits per heavy atom. The molecule has 196 valence electrons. The zero-order chi connectivity index (χ0) is 26.5. The Labute approximate surface area is 219 Å². The van der Waals surface area contributed by atoms with Gasteiger partial charge in [-0.1, -0.05) is 110 Å². The van der Waals surface area contributed by atoms with Crippen molar-refractivity contribution in [2.45, 2.75) is 119 Å². The molecule has 0 amide bonds. The fraction of sp³-hybridized carbons (Fsp3) is 0.559. The summed E-state index contributed by atoms with van der Waals surface area (Å²) in [4.78, 5) is 4.50. The Bertz CT molecular complexity index is 800. The monoisotopic (exact) mass is 477 g/mol. The normalized spacial score (nSPS) is 14.6. The summed E-state index contributed by atoms with van der Waals surface area (Å²) >= 11 is 0. The molecule has 1 fully saturated rings. The highest BCUT2D eigenvalue weighted by molar-refractivity contribution is 5.84. The van der Waals surface area contributed by atoms with Crippen LogP contribution in [-0.2, 0) is 6.42 Å². The average Bonchev–Trinajstić information content (AvgIpc) is 2.87. The van der Waals surface area contributed by atoms with Gasteiger partial charge in [-0.2, -0.15) is 0 Å². The summed E-state index contributed by atoms with van der Waals surface area (Å²) in [6, 6.07) is 6.82. The average molecular weight is 478 g/mol. The van der Waals surface area contributed by atoms with Crippen LogP contribution >= 0.6 is 0 Å². The van der Waals surface area contributed by atoms with Crippen LogP contribution in [0.5, 0.6) is 0 Å². The fourth-order valence-corrected chi connectivity index (χ4v) is 4.23. The number of unbranched alkanes of at least 4 members (excludes halogenated alkanes) is 2. The van der Waals surface area contributed by atoms with Crippen molar-refractivity contribution in [3.05, 3.63) is 78.0 Å². The molecule has 0 saturated heterocycles. The summed E-state index contributed by atoms with van der Waals surface area (Å²) in [5, 5.41) is 0. The van der Waals surface area contributed by atoms with E-state index in [-0.39, 0.29) is 0 Å². The molecule has 1 aromatic carbocycles. The van der Waals surface area contributed by atoms with Crippen molar-refractivity contribution in [3.63, 3.8) is 0 Å². The summed E-state index contributed by atoms with van der Waals surface area (Å²) in [6.07, 6.45) is 22.3. The van der Waals surface area contributed by atoms with Crippen LogP contribution in [0, 0.1) is 12.8 Å².